The first-order valence-electron chi connectivity index (χ1n) is 10.6. The van der Waals surface area contributed by atoms with Gasteiger partial charge in [-0.05, 0) is 55.2 Å². The molecule has 32 heavy (non-hydrogen) atoms. The largest absolute Gasteiger partial charge is 0.326 e. The Balaban J connectivity index is 1.34. The van der Waals surface area contributed by atoms with Crippen molar-refractivity contribution >= 4 is 33.4 Å². The van der Waals surface area contributed by atoms with Crippen molar-refractivity contribution in [3.8, 4) is 0 Å². The predicted octanol–water partition coefficient (Wildman–Crippen LogP) is 2.73. The molecule has 3 amide bonds. The van der Waals surface area contributed by atoms with Gasteiger partial charge in [0.1, 0.15) is 0 Å². The Bertz CT molecular complexity index is 1130. The zero-order valence-corrected chi connectivity index (χ0v) is 18.6. The maximum atomic E-state index is 12.8. The maximum absolute atomic E-state index is 12.8. The van der Waals surface area contributed by atoms with Crippen LogP contribution >= 0.6 is 0 Å². The minimum absolute atomic E-state index is 0.0300. The number of hydrogen-bond donors (Lipinski definition) is 1. The van der Waals surface area contributed by atoms with E-state index in [1.807, 2.05) is 6.92 Å². The molecule has 2 aromatic rings. The van der Waals surface area contributed by atoms with Crippen molar-refractivity contribution in [2.24, 2.45) is 5.92 Å². The molecule has 0 spiro atoms. The van der Waals surface area contributed by atoms with Crippen molar-refractivity contribution in [3.05, 3.63) is 59.7 Å². The van der Waals surface area contributed by atoms with Gasteiger partial charge in [0, 0.05) is 31.7 Å². The fourth-order valence-electron chi connectivity index (χ4n) is 4.10. The fraction of sp³-hybridized carbons (Fsp3) is 0.348. The summed E-state index contributed by atoms with van der Waals surface area (Å²) in [6.45, 7) is 3.04. The summed E-state index contributed by atoms with van der Waals surface area (Å²) in [5.74, 6) is -0.846. The van der Waals surface area contributed by atoms with Crippen LogP contribution in [0, 0.1) is 5.92 Å². The molecule has 1 fully saturated rings. The Labute approximate surface area is 187 Å². The van der Waals surface area contributed by atoms with Gasteiger partial charge in [0.05, 0.1) is 16.0 Å². The fourth-order valence-corrected chi connectivity index (χ4v) is 5.70. The number of nitrogens with zero attached hydrogens (tertiary/aromatic N) is 2. The van der Waals surface area contributed by atoms with Gasteiger partial charge in [-0.15, -0.1) is 0 Å². The third-order valence-electron chi connectivity index (χ3n) is 5.84. The number of fused-ring (bicyclic) bond motifs is 1. The van der Waals surface area contributed by atoms with Crippen LogP contribution in [-0.4, -0.2) is 55.0 Å². The number of hydrogen-bond acceptors (Lipinski definition) is 5. The molecule has 0 aromatic heterocycles. The molecular weight excluding hydrogens is 430 g/mol. The lowest BCUT2D eigenvalue weighted by atomic mass is 10.0. The van der Waals surface area contributed by atoms with E-state index in [0.29, 0.717) is 35.8 Å². The van der Waals surface area contributed by atoms with Crippen LogP contribution in [0.15, 0.2) is 53.4 Å². The lowest BCUT2D eigenvalue weighted by Crippen LogP contribution is -2.39. The SMILES string of the molecule is C[C@H]1CCCN(S(=O)(=O)c2ccc(NC(=O)CCN3C(=O)c4ccccc4C3=O)cc2)C1. The van der Waals surface area contributed by atoms with E-state index in [-0.39, 0.29) is 23.8 Å². The molecule has 8 nitrogen and oxygen atoms in total. The van der Waals surface area contributed by atoms with Gasteiger partial charge in [-0.3, -0.25) is 19.3 Å². The van der Waals surface area contributed by atoms with E-state index in [4.69, 9.17) is 0 Å². The van der Waals surface area contributed by atoms with E-state index >= 15 is 0 Å². The zero-order chi connectivity index (χ0) is 22.9. The van der Waals surface area contributed by atoms with E-state index in [1.54, 1.807) is 36.4 Å². The standard InChI is InChI=1S/C23H25N3O5S/c1-16-5-4-13-25(15-16)32(30,31)18-10-8-17(9-11-18)24-21(27)12-14-26-22(28)19-6-2-3-7-20(19)23(26)29/h2-3,6-11,16H,4-5,12-15H2,1H3,(H,24,27)/t16-/m0/s1. The molecule has 0 unspecified atom stereocenters. The van der Waals surface area contributed by atoms with Crippen molar-refractivity contribution in [1.82, 2.24) is 9.21 Å². The van der Waals surface area contributed by atoms with Gasteiger partial charge >= 0.3 is 0 Å². The third-order valence-corrected chi connectivity index (χ3v) is 7.72. The number of carbonyl (C=O) groups is 3. The van der Waals surface area contributed by atoms with E-state index in [1.165, 1.54) is 16.4 Å². The van der Waals surface area contributed by atoms with Gasteiger partial charge in [0.15, 0.2) is 0 Å². The normalized spacial score (nSPS) is 19.2. The van der Waals surface area contributed by atoms with Crippen molar-refractivity contribution in [1.29, 1.82) is 0 Å². The van der Waals surface area contributed by atoms with Crippen LogP contribution in [0.2, 0.25) is 0 Å². The molecule has 4 rings (SSSR count). The van der Waals surface area contributed by atoms with E-state index in [9.17, 15) is 22.8 Å². The Kier molecular flexibility index (Phi) is 6.12. The molecule has 2 aromatic carbocycles. The maximum Gasteiger partial charge on any atom is 0.261 e. The number of benzene rings is 2. The predicted molar refractivity (Wildman–Crippen MR) is 119 cm³/mol. The second-order valence-electron chi connectivity index (χ2n) is 8.24. The Morgan fingerprint density at radius 3 is 2.25 bits per heavy atom. The molecule has 168 valence electrons. The van der Waals surface area contributed by atoms with Crippen LogP contribution in [0.1, 0.15) is 46.9 Å². The molecule has 0 saturated carbocycles. The molecule has 1 N–H and O–H groups in total. The highest BCUT2D eigenvalue weighted by atomic mass is 32.2. The number of rotatable bonds is 6. The van der Waals surface area contributed by atoms with Crippen LogP contribution in [0.3, 0.4) is 0 Å². The Morgan fingerprint density at radius 2 is 1.66 bits per heavy atom. The summed E-state index contributed by atoms with van der Waals surface area (Å²) in [6, 6.07) is 12.6. The van der Waals surface area contributed by atoms with Crippen molar-refractivity contribution in [2.45, 2.75) is 31.1 Å². The number of sulfonamides is 1. The number of piperidine rings is 1. The van der Waals surface area contributed by atoms with Crippen molar-refractivity contribution in [3.63, 3.8) is 0 Å². The van der Waals surface area contributed by atoms with Crippen LogP contribution in [0.25, 0.3) is 0 Å². The monoisotopic (exact) mass is 455 g/mol. The molecule has 9 heteroatoms. The smallest absolute Gasteiger partial charge is 0.261 e. The molecule has 2 aliphatic rings. The summed E-state index contributed by atoms with van der Waals surface area (Å²) >= 11 is 0. The van der Waals surface area contributed by atoms with Crippen LogP contribution in [0.4, 0.5) is 5.69 Å². The highest BCUT2D eigenvalue weighted by Gasteiger charge is 2.35. The Hall–Kier alpha value is -3.04. The number of imide groups is 1. The molecule has 0 bridgehead atoms. The molecule has 0 aliphatic carbocycles. The minimum Gasteiger partial charge on any atom is -0.326 e. The van der Waals surface area contributed by atoms with Crippen LogP contribution in [-0.2, 0) is 14.8 Å². The van der Waals surface area contributed by atoms with Gasteiger partial charge in [-0.25, -0.2) is 8.42 Å². The topological polar surface area (TPSA) is 104 Å². The highest BCUT2D eigenvalue weighted by molar-refractivity contribution is 7.89. The van der Waals surface area contributed by atoms with Gasteiger partial charge in [0.2, 0.25) is 15.9 Å². The summed E-state index contributed by atoms with van der Waals surface area (Å²) < 4.78 is 27.2. The first-order valence-corrected chi connectivity index (χ1v) is 12.1. The van der Waals surface area contributed by atoms with Crippen LogP contribution in [0.5, 0.6) is 0 Å². The zero-order valence-electron chi connectivity index (χ0n) is 17.8. The summed E-state index contributed by atoms with van der Waals surface area (Å²) in [5.41, 5.74) is 1.14. The molecule has 2 aliphatic heterocycles. The first-order chi connectivity index (χ1) is 15.3. The number of carbonyl (C=O) groups excluding carboxylic acids is 3. The van der Waals surface area contributed by atoms with E-state index in [2.05, 4.69) is 5.32 Å². The Morgan fingerprint density at radius 1 is 1.03 bits per heavy atom. The second-order valence-corrected chi connectivity index (χ2v) is 10.2. The third kappa shape index (κ3) is 4.31. The minimum atomic E-state index is -3.56. The van der Waals surface area contributed by atoms with Gasteiger partial charge in [-0.1, -0.05) is 19.1 Å². The molecule has 2 heterocycles. The second kappa shape index (κ2) is 8.84. The number of amides is 3. The number of nitrogens with one attached hydrogen (secondary N) is 1. The van der Waals surface area contributed by atoms with Crippen LogP contribution < -0.4 is 5.32 Å². The van der Waals surface area contributed by atoms with Crippen molar-refractivity contribution < 1.29 is 22.8 Å². The lowest BCUT2D eigenvalue weighted by Gasteiger charge is -2.30. The average molecular weight is 456 g/mol. The lowest BCUT2D eigenvalue weighted by molar-refractivity contribution is -0.116. The number of anilines is 1. The van der Waals surface area contributed by atoms with Crippen molar-refractivity contribution in [2.75, 3.05) is 25.0 Å². The molecule has 0 radical (unpaired) electrons. The average Bonchev–Trinajstić information content (AvgIpc) is 3.03. The van der Waals surface area contributed by atoms with Gasteiger partial charge < -0.3 is 5.32 Å². The summed E-state index contributed by atoms with van der Waals surface area (Å²) in [4.78, 5) is 38.3. The van der Waals surface area contributed by atoms with Gasteiger partial charge in [-0.2, -0.15) is 4.31 Å². The molecule has 1 saturated heterocycles. The van der Waals surface area contributed by atoms with E-state index in [0.717, 1.165) is 17.7 Å². The quantitative estimate of drug-likeness (QED) is 0.675. The molecule has 1 atom stereocenters. The summed E-state index contributed by atoms with van der Waals surface area (Å²) in [7, 11) is -3.56. The molecular formula is C23H25N3O5S. The van der Waals surface area contributed by atoms with Gasteiger partial charge in [0.25, 0.3) is 11.8 Å². The summed E-state index contributed by atoms with van der Waals surface area (Å²) in [5, 5.41) is 2.69. The summed E-state index contributed by atoms with van der Waals surface area (Å²) in [6.07, 6.45) is 1.82. The first kappa shape index (κ1) is 22.2. The van der Waals surface area contributed by atoms with E-state index < -0.39 is 21.8 Å². The highest BCUT2D eigenvalue weighted by Crippen LogP contribution is 2.25.